The van der Waals surface area contributed by atoms with Crippen LogP contribution in [0.5, 0.6) is 0 Å². The molecular formula is C24H27F3N2O4. The number of amides is 1. The van der Waals surface area contributed by atoms with E-state index in [1.165, 1.54) is 16.3 Å². The van der Waals surface area contributed by atoms with Crippen molar-refractivity contribution in [3.63, 3.8) is 0 Å². The summed E-state index contributed by atoms with van der Waals surface area (Å²) < 4.78 is 37.7. The molecule has 2 heterocycles. The maximum atomic E-state index is 12.7. The van der Waals surface area contributed by atoms with E-state index in [-0.39, 0.29) is 17.9 Å². The number of halogens is 3. The molecule has 1 aliphatic carbocycles. The Bertz CT molecular complexity index is 1000. The topological polar surface area (TPSA) is 78.9 Å². The number of fused-ring (bicyclic) bond motifs is 2. The number of aliphatic carboxylic acids is 1. The molecule has 2 aliphatic heterocycles. The monoisotopic (exact) mass is 464 g/mol. The second-order valence-corrected chi connectivity index (χ2v) is 8.85. The number of hydrogen-bond acceptors (Lipinski definition) is 4. The molecule has 3 fully saturated rings. The molecule has 0 aromatic heterocycles. The highest BCUT2D eigenvalue weighted by molar-refractivity contribution is 5.85. The third-order valence-corrected chi connectivity index (χ3v) is 6.41. The molecule has 1 amide bonds. The fourth-order valence-electron chi connectivity index (χ4n) is 4.62. The Labute approximate surface area is 189 Å². The lowest BCUT2D eigenvalue weighted by molar-refractivity contribution is -0.192. The van der Waals surface area contributed by atoms with E-state index in [0.717, 1.165) is 45.4 Å². The van der Waals surface area contributed by atoms with Gasteiger partial charge >= 0.3 is 12.1 Å². The smallest absolute Gasteiger partial charge is 0.475 e. The van der Waals surface area contributed by atoms with Gasteiger partial charge in [-0.2, -0.15) is 13.2 Å². The molecule has 0 bridgehead atoms. The van der Waals surface area contributed by atoms with Crippen molar-refractivity contribution >= 4 is 22.6 Å². The van der Waals surface area contributed by atoms with E-state index >= 15 is 0 Å². The second-order valence-electron chi connectivity index (χ2n) is 8.85. The zero-order valence-corrected chi connectivity index (χ0v) is 18.1. The van der Waals surface area contributed by atoms with Crippen LogP contribution in [0.4, 0.5) is 13.2 Å². The van der Waals surface area contributed by atoms with E-state index in [4.69, 9.17) is 14.6 Å². The van der Waals surface area contributed by atoms with Gasteiger partial charge in [-0.15, -0.1) is 0 Å². The largest absolute Gasteiger partial charge is 0.490 e. The Balaban J connectivity index is 0.000000325. The number of nitrogens with one attached hydrogen (secondary N) is 1. The minimum atomic E-state index is -5.08. The Kier molecular flexibility index (Phi) is 6.90. The first-order valence-electron chi connectivity index (χ1n) is 11.1. The first-order chi connectivity index (χ1) is 15.7. The van der Waals surface area contributed by atoms with Crippen LogP contribution >= 0.6 is 0 Å². The van der Waals surface area contributed by atoms with Crippen molar-refractivity contribution in [2.24, 2.45) is 5.92 Å². The number of carboxylic acids is 1. The van der Waals surface area contributed by atoms with Gasteiger partial charge in [0.15, 0.2) is 0 Å². The molecule has 0 spiro atoms. The van der Waals surface area contributed by atoms with Crippen molar-refractivity contribution in [3.8, 4) is 0 Å². The minimum absolute atomic E-state index is 0.0462. The zero-order valence-electron chi connectivity index (χ0n) is 18.1. The van der Waals surface area contributed by atoms with Crippen LogP contribution in [0.1, 0.15) is 31.2 Å². The van der Waals surface area contributed by atoms with Crippen molar-refractivity contribution in [2.45, 2.75) is 56.6 Å². The Morgan fingerprint density at radius 3 is 2.48 bits per heavy atom. The summed E-state index contributed by atoms with van der Waals surface area (Å²) in [7, 11) is 0. The number of likely N-dealkylation sites (tertiary alicyclic amines) is 1. The summed E-state index contributed by atoms with van der Waals surface area (Å²) in [6, 6.07) is 16.0. The van der Waals surface area contributed by atoms with E-state index in [0.29, 0.717) is 12.1 Å². The van der Waals surface area contributed by atoms with Crippen LogP contribution in [-0.4, -0.2) is 59.4 Å². The maximum Gasteiger partial charge on any atom is 0.490 e. The molecule has 0 radical (unpaired) electrons. The number of rotatable bonds is 4. The normalized spacial score (nSPS) is 25.1. The van der Waals surface area contributed by atoms with Crippen LogP contribution < -0.4 is 5.32 Å². The first kappa shape index (κ1) is 23.5. The number of ether oxygens (including phenoxy) is 1. The van der Waals surface area contributed by atoms with Gasteiger partial charge in [-0.25, -0.2) is 4.79 Å². The third-order valence-electron chi connectivity index (χ3n) is 6.41. The summed E-state index contributed by atoms with van der Waals surface area (Å²) in [5, 5.41) is 12.9. The first-order valence-corrected chi connectivity index (χ1v) is 11.1. The second kappa shape index (κ2) is 9.69. The van der Waals surface area contributed by atoms with Crippen LogP contribution in [0, 0.1) is 5.92 Å². The van der Waals surface area contributed by atoms with Gasteiger partial charge in [0.25, 0.3) is 0 Å². The molecule has 0 unspecified atom stereocenters. The molecule has 2 aromatic rings. The van der Waals surface area contributed by atoms with Gasteiger partial charge in [-0.05, 0) is 42.0 Å². The summed E-state index contributed by atoms with van der Waals surface area (Å²) in [6.45, 7) is 2.55. The van der Waals surface area contributed by atoms with Gasteiger partial charge in [-0.3, -0.25) is 9.69 Å². The molecule has 33 heavy (non-hydrogen) atoms. The highest BCUT2D eigenvalue weighted by Crippen LogP contribution is 2.34. The van der Waals surface area contributed by atoms with Gasteiger partial charge in [0.1, 0.15) is 0 Å². The van der Waals surface area contributed by atoms with E-state index in [1.54, 1.807) is 0 Å². The molecule has 2 aromatic carbocycles. The lowest BCUT2D eigenvalue weighted by Gasteiger charge is -2.40. The van der Waals surface area contributed by atoms with Crippen molar-refractivity contribution in [1.82, 2.24) is 10.2 Å². The zero-order chi connectivity index (χ0) is 23.6. The fourth-order valence-corrected chi connectivity index (χ4v) is 4.62. The van der Waals surface area contributed by atoms with E-state index < -0.39 is 12.1 Å². The molecule has 6 nitrogen and oxygen atoms in total. The number of hydrogen-bond donors (Lipinski definition) is 2. The van der Waals surface area contributed by atoms with E-state index in [9.17, 15) is 18.0 Å². The molecule has 5 rings (SSSR count). The van der Waals surface area contributed by atoms with Crippen LogP contribution in [0.3, 0.4) is 0 Å². The SMILES string of the molecule is O=C(NC1CC1)[C@H]1C[C@H]2OCC[C@H]2N(Cc2cccc3ccccc23)C1.O=C(O)C(F)(F)F. The Hall–Kier alpha value is -2.65. The number of carboxylic acid groups (broad SMARTS) is 1. The third kappa shape index (κ3) is 5.83. The van der Waals surface area contributed by atoms with Gasteiger partial charge < -0.3 is 15.2 Å². The van der Waals surface area contributed by atoms with E-state index in [2.05, 4.69) is 52.7 Å². The predicted molar refractivity (Wildman–Crippen MR) is 115 cm³/mol. The standard InChI is InChI=1S/C22H26N2O2.C2HF3O2/c25-22(23-18-8-9-18)17-12-21-20(10-11-26-21)24(14-17)13-16-6-3-5-15-4-1-2-7-19(15)16;3-2(4,5)1(6)7/h1-7,17-18,20-21H,8-14H2,(H,23,25);(H,6,7)/t17-,20+,21+;/m0./s1. The van der Waals surface area contributed by atoms with Gasteiger partial charge in [0.2, 0.25) is 5.91 Å². The Morgan fingerprint density at radius 1 is 1.09 bits per heavy atom. The van der Waals surface area contributed by atoms with Gasteiger partial charge in [0, 0.05) is 31.8 Å². The average molecular weight is 464 g/mol. The molecule has 2 saturated heterocycles. The van der Waals surface area contributed by atoms with E-state index in [1.807, 2.05) is 0 Å². The van der Waals surface area contributed by atoms with Gasteiger partial charge in [-0.1, -0.05) is 42.5 Å². The number of carbonyl (C=O) groups is 2. The minimum Gasteiger partial charge on any atom is -0.475 e. The predicted octanol–water partition coefficient (Wildman–Crippen LogP) is 3.73. The van der Waals surface area contributed by atoms with Crippen LogP contribution in [0.25, 0.3) is 10.8 Å². The summed E-state index contributed by atoms with van der Waals surface area (Å²) >= 11 is 0. The highest BCUT2D eigenvalue weighted by atomic mass is 19.4. The number of nitrogens with zero attached hydrogens (tertiary/aromatic N) is 1. The molecule has 3 aliphatic rings. The molecule has 2 N–H and O–H groups in total. The van der Waals surface area contributed by atoms with Crippen LogP contribution in [0.2, 0.25) is 0 Å². The number of alkyl halides is 3. The van der Waals surface area contributed by atoms with Crippen LogP contribution in [-0.2, 0) is 20.9 Å². The average Bonchev–Trinajstić information content (AvgIpc) is 3.46. The molecule has 9 heteroatoms. The molecule has 3 atom stereocenters. The lowest BCUT2D eigenvalue weighted by atomic mass is 9.88. The summed E-state index contributed by atoms with van der Waals surface area (Å²) in [4.78, 5) is 24.1. The number of carbonyl (C=O) groups excluding carboxylic acids is 1. The van der Waals surface area contributed by atoms with Gasteiger partial charge in [0.05, 0.1) is 12.0 Å². The lowest BCUT2D eigenvalue weighted by Crippen LogP contribution is -2.52. The summed E-state index contributed by atoms with van der Waals surface area (Å²) in [5.41, 5.74) is 1.34. The van der Waals surface area contributed by atoms with Crippen LogP contribution in [0.15, 0.2) is 42.5 Å². The van der Waals surface area contributed by atoms with Crippen molar-refractivity contribution < 1.29 is 32.6 Å². The molecular weight excluding hydrogens is 437 g/mol. The quantitative estimate of drug-likeness (QED) is 0.721. The van der Waals surface area contributed by atoms with Crippen molar-refractivity contribution in [1.29, 1.82) is 0 Å². The maximum absolute atomic E-state index is 12.7. The number of piperidine rings is 1. The van der Waals surface area contributed by atoms with Crippen molar-refractivity contribution in [2.75, 3.05) is 13.2 Å². The highest BCUT2D eigenvalue weighted by Gasteiger charge is 2.43. The van der Waals surface area contributed by atoms with Crippen molar-refractivity contribution in [3.05, 3.63) is 48.0 Å². The molecule has 178 valence electrons. The summed E-state index contributed by atoms with van der Waals surface area (Å²) in [6.07, 6.45) is -0.656. The summed E-state index contributed by atoms with van der Waals surface area (Å²) in [5.74, 6) is -2.48. The fraction of sp³-hybridized carbons (Fsp3) is 0.500. The number of benzene rings is 2. The Morgan fingerprint density at radius 2 is 1.79 bits per heavy atom. The molecule has 1 saturated carbocycles.